The summed E-state index contributed by atoms with van der Waals surface area (Å²) in [6.45, 7) is 1.93. The molecule has 1 unspecified atom stereocenters. The lowest BCUT2D eigenvalue weighted by Crippen LogP contribution is -2.30. The van der Waals surface area contributed by atoms with E-state index >= 15 is 0 Å². The quantitative estimate of drug-likeness (QED) is 0.123. The normalized spacial score (nSPS) is 11.8. The molecule has 3 amide bonds. The predicted octanol–water partition coefficient (Wildman–Crippen LogP) is 7.33. The van der Waals surface area contributed by atoms with E-state index in [-0.39, 0.29) is 17.5 Å². The topological polar surface area (TPSA) is 96.5 Å². The summed E-state index contributed by atoms with van der Waals surface area (Å²) in [5, 5.41) is 12.4. The average Bonchev–Trinajstić information content (AvgIpc) is 3.49. The lowest BCUT2D eigenvalue weighted by molar-refractivity contribution is -0.116. The smallest absolute Gasteiger partial charge is 0.272 e. The number of amides is 3. The second-order valence-electron chi connectivity index (χ2n) is 8.77. The summed E-state index contributed by atoms with van der Waals surface area (Å²) in [5.74, 6) is -0.546. The molecule has 4 aromatic rings. The molecule has 0 spiro atoms. The Morgan fingerprint density at radius 3 is 2.51 bits per heavy atom. The largest absolute Gasteiger partial charge is 0.495 e. The van der Waals surface area contributed by atoms with Gasteiger partial charge < -0.3 is 20.7 Å². The highest BCUT2D eigenvalue weighted by atomic mass is 35.5. The monoisotopic (exact) mass is 605 g/mol. The SMILES string of the molecule is CCC(Sc1cccc(NC(=O)/C(=C/c2ccsc2)NC(=O)c2ccccc2)c1)C(=O)Nc1cc(Cl)ccc1OC. The molecule has 1 heterocycles. The first-order chi connectivity index (χ1) is 19.9. The number of ether oxygens (including phenoxy) is 1. The minimum Gasteiger partial charge on any atom is -0.495 e. The zero-order valence-electron chi connectivity index (χ0n) is 22.3. The maximum absolute atomic E-state index is 13.3. The van der Waals surface area contributed by atoms with Crippen LogP contribution < -0.4 is 20.7 Å². The van der Waals surface area contributed by atoms with Crippen molar-refractivity contribution in [2.45, 2.75) is 23.5 Å². The highest BCUT2D eigenvalue weighted by molar-refractivity contribution is 8.00. The number of thioether (sulfide) groups is 1. The molecule has 1 aromatic heterocycles. The fourth-order valence-corrected chi connectivity index (χ4v) is 5.59. The van der Waals surface area contributed by atoms with Gasteiger partial charge in [-0.1, -0.05) is 42.8 Å². The number of thiophene rings is 1. The second-order valence-corrected chi connectivity index (χ2v) is 11.3. The van der Waals surface area contributed by atoms with Crippen LogP contribution in [0, 0.1) is 0 Å². The van der Waals surface area contributed by atoms with Crippen LogP contribution in [0.25, 0.3) is 6.08 Å². The molecule has 0 aliphatic heterocycles. The molecule has 0 radical (unpaired) electrons. The van der Waals surface area contributed by atoms with Gasteiger partial charge in [-0.05, 0) is 83.4 Å². The van der Waals surface area contributed by atoms with Gasteiger partial charge in [0.25, 0.3) is 11.8 Å². The first-order valence-electron chi connectivity index (χ1n) is 12.7. The van der Waals surface area contributed by atoms with E-state index in [4.69, 9.17) is 16.3 Å². The molecule has 4 rings (SSSR count). The zero-order valence-corrected chi connectivity index (χ0v) is 24.7. The maximum atomic E-state index is 13.3. The summed E-state index contributed by atoms with van der Waals surface area (Å²) in [4.78, 5) is 40.0. The number of carbonyl (C=O) groups excluding carboxylic acids is 3. The summed E-state index contributed by atoms with van der Waals surface area (Å²) in [5.41, 5.74) is 2.36. The third kappa shape index (κ3) is 8.47. The van der Waals surface area contributed by atoms with Gasteiger partial charge >= 0.3 is 0 Å². The average molecular weight is 606 g/mol. The molecule has 10 heteroatoms. The van der Waals surface area contributed by atoms with Gasteiger partial charge in [0.05, 0.1) is 18.0 Å². The predicted molar refractivity (Wildman–Crippen MR) is 168 cm³/mol. The van der Waals surface area contributed by atoms with Gasteiger partial charge in [0.2, 0.25) is 5.91 Å². The third-order valence-corrected chi connectivity index (χ3v) is 8.13. The fourth-order valence-electron chi connectivity index (χ4n) is 3.79. The Morgan fingerprint density at radius 1 is 1.00 bits per heavy atom. The summed E-state index contributed by atoms with van der Waals surface area (Å²) >= 11 is 8.97. The van der Waals surface area contributed by atoms with Gasteiger partial charge in [-0.25, -0.2) is 0 Å². The molecule has 210 valence electrons. The van der Waals surface area contributed by atoms with Crippen LogP contribution in [0.5, 0.6) is 5.75 Å². The number of rotatable bonds is 11. The Labute approximate surface area is 252 Å². The molecule has 0 aliphatic rings. The first-order valence-corrected chi connectivity index (χ1v) is 14.9. The van der Waals surface area contributed by atoms with Crippen LogP contribution in [0.1, 0.15) is 29.3 Å². The number of benzene rings is 3. The third-order valence-electron chi connectivity index (χ3n) is 5.84. The van der Waals surface area contributed by atoms with Crippen molar-refractivity contribution in [1.82, 2.24) is 5.32 Å². The van der Waals surface area contributed by atoms with Crippen molar-refractivity contribution in [3.8, 4) is 5.75 Å². The number of methoxy groups -OCH3 is 1. The zero-order chi connectivity index (χ0) is 29.2. The first kappa shape index (κ1) is 29.9. The van der Waals surface area contributed by atoms with Crippen LogP contribution in [0.3, 0.4) is 0 Å². The summed E-state index contributed by atoms with van der Waals surface area (Å²) in [7, 11) is 1.53. The van der Waals surface area contributed by atoms with E-state index in [1.165, 1.54) is 30.2 Å². The number of carbonyl (C=O) groups is 3. The Hall–Kier alpha value is -4.05. The Morgan fingerprint density at radius 2 is 1.80 bits per heavy atom. The molecule has 1 atom stereocenters. The molecule has 0 bridgehead atoms. The Balaban J connectivity index is 1.47. The number of halogens is 1. The molecule has 0 aliphatic carbocycles. The van der Waals surface area contributed by atoms with Gasteiger partial charge in [-0.2, -0.15) is 11.3 Å². The van der Waals surface area contributed by atoms with Crippen molar-refractivity contribution in [3.05, 3.63) is 111 Å². The number of hydrogen-bond donors (Lipinski definition) is 3. The van der Waals surface area contributed by atoms with E-state index in [2.05, 4.69) is 16.0 Å². The van der Waals surface area contributed by atoms with E-state index in [0.717, 1.165) is 10.5 Å². The van der Waals surface area contributed by atoms with Crippen LogP contribution in [0.2, 0.25) is 5.02 Å². The lowest BCUT2D eigenvalue weighted by atomic mass is 10.2. The minimum atomic E-state index is -0.472. The van der Waals surface area contributed by atoms with Gasteiger partial charge in [0.1, 0.15) is 11.4 Å². The van der Waals surface area contributed by atoms with Crippen LogP contribution in [0.15, 0.2) is 100 Å². The van der Waals surface area contributed by atoms with E-state index in [9.17, 15) is 14.4 Å². The molecular weight excluding hydrogens is 578 g/mol. The van der Waals surface area contributed by atoms with E-state index in [0.29, 0.717) is 34.1 Å². The number of nitrogens with one attached hydrogen (secondary N) is 3. The second kappa shape index (κ2) is 14.5. The van der Waals surface area contributed by atoms with Crippen molar-refractivity contribution in [3.63, 3.8) is 0 Å². The van der Waals surface area contributed by atoms with Crippen molar-refractivity contribution >= 4 is 69.9 Å². The standard InChI is InChI=1S/C31H28ClN3O4S2/c1-3-28(31(38)34-25-17-22(32)12-13-27(25)39-2)41-24-11-7-10-23(18-24)33-30(37)26(16-20-14-15-40-19-20)35-29(36)21-8-5-4-6-9-21/h4-19,28H,3H2,1-2H3,(H,33,37)(H,34,38)(H,35,36)/b26-16-. The van der Waals surface area contributed by atoms with Crippen molar-refractivity contribution < 1.29 is 19.1 Å². The highest BCUT2D eigenvalue weighted by Gasteiger charge is 2.21. The van der Waals surface area contributed by atoms with E-state index < -0.39 is 11.2 Å². The van der Waals surface area contributed by atoms with Crippen LogP contribution in [-0.4, -0.2) is 30.1 Å². The molecule has 3 aromatic carbocycles. The molecule has 0 saturated heterocycles. The van der Waals surface area contributed by atoms with Crippen LogP contribution in [0.4, 0.5) is 11.4 Å². The lowest BCUT2D eigenvalue weighted by Gasteiger charge is -2.17. The van der Waals surface area contributed by atoms with Gasteiger partial charge in [-0.3, -0.25) is 14.4 Å². The van der Waals surface area contributed by atoms with Gasteiger partial charge in [0.15, 0.2) is 0 Å². The summed E-state index contributed by atoms with van der Waals surface area (Å²) in [6, 6.07) is 22.8. The van der Waals surface area contributed by atoms with Gasteiger partial charge in [-0.15, -0.1) is 11.8 Å². The van der Waals surface area contributed by atoms with Crippen molar-refractivity contribution in [1.29, 1.82) is 0 Å². The van der Waals surface area contributed by atoms with Crippen molar-refractivity contribution in [2.24, 2.45) is 0 Å². The fraction of sp³-hybridized carbons (Fsp3) is 0.129. The highest BCUT2D eigenvalue weighted by Crippen LogP contribution is 2.31. The van der Waals surface area contributed by atoms with Gasteiger partial charge in [0, 0.05) is 21.2 Å². The Kier molecular flexibility index (Phi) is 10.6. The van der Waals surface area contributed by atoms with Crippen molar-refractivity contribution in [2.75, 3.05) is 17.7 Å². The molecule has 3 N–H and O–H groups in total. The number of hydrogen-bond acceptors (Lipinski definition) is 6. The van der Waals surface area contributed by atoms with E-state index in [1.807, 2.05) is 35.9 Å². The maximum Gasteiger partial charge on any atom is 0.272 e. The molecule has 0 fully saturated rings. The minimum absolute atomic E-state index is 0.108. The molecule has 0 saturated carbocycles. The number of anilines is 2. The Bertz CT molecular complexity index is 1540. The molecule has 7 nitrogen and oxygen atoms in total. The van der Waals surface area contributed by atoms with Crippen LogP contribution in [-0.2, 0) is 9.59 Å². The summed E-state index contributed by atoms with van der Waals surface area (Å²) in [6.07, 6.45) is 2.20. The van der Waals surface area contributed by atoms with Crippen LogP contribution >= 0.6 is 34.7 Å². The molecule has 41 heavy (non-hydrogen) atoms. The molecular formula is C31H28ClN3O4S2. The van der Waals surface area contributed by atoms with E-state index in [1.54, 1.807) is 66.7 Å². The summed E-state index contributed by atoms with van der Waals surface area (Å²) < 4.78 is 5.34.